The number of rotatable bonds is 8. The van der Waals surface area contributed by atoms with Crippen molar-refractivity contribution in [3.8, 4) is 35.4 Å². The van der Waals surface area contributed by atoms with Crippen LogP contribution in [0.25, 0.3) is 32.9 Å². The van der Waals surface area contributed by atoms with Gasteiger partial charge in [-0.25, -0.2) is 13.2 Å². The number of nitrogens with zero attached hydrogens (tertiary/aromatic N) is 4. The van der Waals surface area contributed by atoms with E-state index >= 15 is 4.39 Å². The van der Waals surface area contributed by atoms with Crippen molar-refractivity contribution in [2.75, 3.05) is 38.7 Å². The molecule has 2 aliphatic heterocycles. The van der Waals surface area contributed by atoms with Crippen LogP contribution in [0.15, 0.2) is 30.5 Å². The number of alkyl halides is 1. The third kappa shape index (κ3) is 4.69. The van der Waals surface area contributed by atoms with Gasteiger partial charge in [0.2, 0.25) is 0 Å². The van der Waals surface area contributed by atoms with Gasteiger partial charge in [-0.15, -0.1) is 6.42 Å². The quantitative estimate of drug-likeness (QED) is 0.266. The topological polar surface area (TPSA) is 92.6 Å². The highest BCUT2D eigenvalue weighted by atomic mass is 19.1. The molecule has 4 aromatic rings. The van der Waals surface area contributed by atoms with E-state index < -0.39 is 23.3 Å². The number of phenols is 1. The maximum absolute atomic E-state index is 16.6. The van der Waals surface area contributed by atoms with Crippen LogP contribution in [-0.2, 0) is 4.74 Å². The molecule has 0 radical (unpaired) electrons. The molecule has 11 heteroatoms. The summed E-state index contributed by atoms with van der Waals surface area (Å²) in [5.41, 5.74) is -0.997. The van der Waals surface area contributed by atoms with Crippen molar-refractivity contribution in [2.45, 2.75) is 49.4 Å². The van der Waals surface area contributed by atoms with Gasteiger partial charge < -0.3 is 19.9 Å². The van der Waals surface area contributed by atoms with Gasteiger partial charge in [0.25, 0.3) is 0 Å². The van der Waals surface area contributed by atoms with Crippen LogP contribution in [0.3, 0.4) is 0 Å². The van der Waals surface area contributed by atoms with Gasteiger partial charge in [-0.2, -0.15) is 9.97 Å². The summed E-state index contributed by atoms with van der Waals surface area (Å²) in [6.07, 6.45) is 9.93. The van der Waals surface area contributed by atoms with Gasteiger partial charge in [-0.05, 0) is 55.8 Å². The second-order valence-electron chi connectivity index (χ2n) is 11.9. The van der Waals surface area contributed by atoms with Crippen LogP contribution in [-0.4, -0.2) is 75.6 Å². The zero-order valence-electron chi connectivity index (χ0n) is 23.6. The Kier molecular flexibility index (Phi) is 6.59. The highest BCUT2D eigenvalue weighted by molar-refractivity contribution is 6.03. The molecular formula is C32H30F3N5O3. The first-order chi connectivity index (χ1) is 20.7. The van der Waals surface area contributed by atoms with Gasteiger partial charge in [0, 0.05) is 37.2 Å². The number of aromatic nitrogens is 3. The monoisotopic (exact) mass is 589 g/mol. The third-order valence-corrected chi connectivity index (χ3v) is 9.00. The molecule has 1 saturated carbocycles. The summed E-state index contributed by atoms with van der Waals surface area (Å²) >= 11 is 0. The summed E-state index contributed by atoms with van der Waals surface area (Å²) in [6, 6.07) is 5.34. The van der Waals surface area contributed by atoms with Gasteiger partial charge in [0.1, 0.15) is 41.4 Å². The Balaban J connectivity index is 1.36. The number of ether oxygens (including phenoxy) is 2. The third-order valence-electron chi connectivity index (χ3n) is 9.00. The number of hydrogen-bond acceptors (Lipinski definition) is 8. The minimum atomic E-state index is -0.927. The van der Waals surface area contributed by atoms with Crippen LogP contribution < -0.4 is 10.1 Å². The molecule has 1 aliphatic carbocycles. The molecule has 8 nitrogen and oxygen atoms in total. The zero-order chi connectivity index (χ0) is 29.9. The minimum Gasteiger partial charge on any atom is -0.508 e. The summed E-state index contributed by atoms with van der Waals surface area (Å²) in [5.74, 6) is 1.06. The van der Waals surface area contributed by atoms with Crippen molar-refractivity contribution >= 4 is 27.5 Å². The van der Waals surface area contributed by atoms with Crippen LogP contribution in [0.2, 0.25) is 0 Å². The average molecular weight is 590 g/mol. The molecule has 222 valence electrons. The van der Waals surface area contributed by atoms with Gasteiger partial charge in [0.15, 0.2) is 5.82 Å². The Hall–Kier alpha value is -4.14. The van der Waals surface area contributed by atoms with Crippen molar-refractivity contribution in [1.82, 2.24) is 19.9 Å². The number of phenolic OH excluding ortho intramolecular Hbond substituents is 1. The van der Waals surface area contributed by atoms with E-state index in [-0.39, 0.29) is 51.6 Å². The first kappa shape index (κ1) is 27.7. The van der Waals surface area contributed by atoms with Crippen molar-refractivity contribution in [3.05, 3.63) is 47.7 Å². The summed E-state index contributed by atoms with van der Waals surface area (Å²) in [7, 11) is 1.61. The predicted octanol–water partition coefficient (Wildman–Crippen LogP) is 5.36. The SMILES string of the molecule is C#Cc1c(F)ccc2cc(O)cc(-c3ncc4c(NC5(COC)CC5)nc(OC[C@@]56CCCN5C[C@H](F)C6)nc4c3F)c12. The summed E-state index contributed by atoms with van der Waals surface area (Å²) < 4.78 is 57.2. The van der Waals surface area contributed by atoms with E-state index in [1.807, 2.05) is 0 Å². The van der Waals surface area contributed by atoms with E-state index in [1.165, 1.54) is 30.5 Å². The highest BCUT2D eigenvalue weighted by Crippen LogP contribution is 2.43. The number of pyridine rings is 1. The predicted molar refractivity (Wildman–Crippen MR) is 156 cm³/mol. The van der Waals surface area contributed by atoms with Crippen LogP contribution in [0, 0.1) is 24.0 Å². The number of terminal acetylenes is 1. The second kappa shape index (κ2) is 10.2. The Morgan fingerprint density at radius 3 is 2.79 bits per heavy atom. The fraction of sp³-hybridized carbons (Fsp3) is 0.406. The van der Waals surface area contributed by atoms with Gasteiger partial charge >= 0.3 is 6.01 Å². The van der Waals surface area contributed by atoms with Crippen LogP contribution in [0.4, 0.5) is 19.0 Å². The molecule has 7 rings (SSSR count). The Labute approximate surface area is 246 Å². The van der Waals surface area contributed by atoms with E-state index in [0.29, 0.717) is 36.2 Å². The summed E-state index contributed by atoms with van der Waals surface area (Å²) in [5, 5.41) is 14.8. The molecule has 2 saturated heterocycles. The van der Waals surface area contributed by atoms with E-state index in [2.05, 4.69) is 31.1 Å². The van der Waals surface area contributed by atoms with E-state index in [1.54, 1.807) is 7.11 Å². The Bertz CT molecular complexity index is 1810. The van der Waals surface area contributed by atoms with Crippen molar-refractivity contribution in [3.63, 3.8) is 0 Å². The second-order valence-corrected chi connectivity index (χ2v) is 11.9. The molecular weight excluding hydrogens is 559 g/mol. The molecule has 43 heavy (non-hydrogen) atoms. The van der Waals surface area contributed by atoms with Crippen LogP contribution in [0.5, 0.6) is 11.8 Å². The number of benzene rings is 2. The number of methoxy groups -OCH3 is 1. The fourth-order valence-electron chi connectivity index (χ4n) is 6.77. The standard InChI is InChI=1S/C32H30F3N5O3/c1-3-21-24(34)6-5-18-11-20(41)12-22(25(18)21)27-26(35)28-23(14-36-27)29(39-31(8-9-31)16-42-2)38-30(37-28)43-17-32-7-4-10-40(32)15-19(33)13-32/h1,5-6,11-12,14,19,41H,4,7-10,13,15-17H2,2H3,(H,37,38,39)/t19-,32+/m1/s1. The molecule has 4 heterocycles. The molecule has 2 aromatic carbocycles. The number of aromatic hydroxyl groups is 1. The number of halogens is 3. The number of fused-ring (bicyclic) bond motifs is 3. The Morgan fingerprint density at radius 1 is 1.19 bits per heavy atom. The lowest BCUT2D eigenvalue weighted by molar-refractivity contribution is 0.107. The van der Waals surface area contributed by atoms with Gasteiger partial charge in [-0.1, -0.05) is 12.0 Å². The normalized spacial score (nSPS) is 22.5. The first-order valence-corrected chi connectivity index (χ1v) is 14.3. The largest absolute Gasteiger partial charge is 0.508 e. The highest BCUT2D eigenvalue weighted by Gasteiger charge is 2.49. The van der Waals surface area contributed by atoms with E-state index in [4.69, 9.17) is 15.9 Å². The fourth-order valence-corrected chi connectivity index (χ4v) is 6.77. The first-order valence-electron chi connectivity index (χ1n) is 14.3. The molecule has 2 aromatic heterocycles. The lowest BCUT2D eigenvalue weighted by atomic mass is 9.95. The Morgan fingerprint density at radius 2 is 2.02 bits per heavy atom. The molecule has 0 spiro atoms. The number of anilines is 1. The maximum atomic E-state index is 16.6. The summed E-state index contributed by atoms with van der Waals surface area (Å²) in [6.45, 7) is 1.77. The molecule has 0 unspecified atom stereocenters. The zero-order valence-corrected chi connectivity index (χ0v) is 23.6. The van der Waals surface area contributed by atoms with Crippen LogP contribution in [0.1, 0.15) is 37.7 Å². The van der Waals surface area contributed by atoms with E-state index in [0.717, 1.165) is 32.2 Å². The summed E-state index contributed by atoms with van der Waals surface area (Å²) in [4.78, 5) is 15.6. The average Bonchev–Trinajstić information content (AvgIpc) is 3.50. The number of nitrogens with one attached hydrogen (secondary N) is 1. The molecule has 0 amide bonds. The molecule has 3 fully saturated rings. The van der Waals surface area contributed by atoms with Crippen molar-refractivity contribution in [2.24, 2.45) is 0 Å². The van der Waals surface area contributed by atoms with Crippen molar-refractivity contribution in [1.29, 1.82) is 0 Å². The van der Waals surface area contributed by atoms with Gasteiger partial charge in [-0.3, -0.25) is 9.88 Å². The minimum absolute atomic E-state index is 0.0566. The smallest absolute Gasteiger partial charge is 0.319 e. The lowest BCUT2D eigenvalue weighted by Gasteiger charge is -2.30. The number of hydrogen-bond donors (Lipinski definition) is 2. The maximum Gasteiger partial charge on any atom is 0.319 e. The van der Waals surface area contributed by atoms with Crippen molar-refractivity contribution < 1.29 is 27.8 Å². The molecule has 0 bridgehead atoms. The van der Waals surface area contributed by atoms with Gasteiger partial charge in [0.05, 0.1) is 28.6 Å². The molecule has 2 atom stereocenters. The molecule has 2 N–H and O–H groups in total. The lowest BCUT2D eigenvalue weighted by Crippen LogP contribution is -2.43. The van der Waals surface area contributed by atoms with E-state index in [9.17, 15) is 13.9 Å². The molecule has 3 aliphatic rings. The van der Waals surface area contributed by atoms with Crippen LogP contribution >= 0.6 is 0 Å².